The highest BCUT2D eigenvalue weighted by Gasteiger charge is 2.47. The average Bonchev–Trinajstić information content (AvgIpc) is 3.58. The second-order valence-corrected chi connectivity index (χ2v) is 8.64. The standard InChI is InChI=1S/C27H27NO6/c1-3-33-19-13-11-16(12-14-19)23-22(25(30)27(31)28(23)18-8-4-5-9-18)24(29)21-15-17-7-6-10-20(32-2)26(17)34-21/h6-7,10-15,18,23,30H,3-5,8-9H2,1-2H3. The van der Waals surface area contributed by atoms with Gasteiger partial charge in [-0.1, -0.05) is 37.1 Å². The molecule has 5 rings (SSSR count). The lowest BCUT2D eigenvalue weighted by molar-refractivity contribution is -0.131. The fourth-order valence-electron chi connectivity index (χ4n) is 5.10. The van der Waals surface area contributed by atoms with Crippen LogP contribution in [0.3, 0.4) is 0 Å². The number of Topliss-reactive ketones (excluding diaryl/α,β-unsaturated/α-hetero) is 1. The van der Waals surface area contributed by atoms with Crippen LogP contribution in [0.25, 0.3) is 11.0 Å². The minimum Gasteiger partial charge on any atom is -0.503 e. The van der Waals surface area contributed by atoms with E-state index in [1.807, 2.05) is 43.3 Å². The van der Waals surface area contributed by atoms with Gasteiger partial charge in [-0.15, -0.1) is 0 Å². The zero-order valence-electron chi connectivity index (χ0n) is 19.2. The number of carbonyl (C=O) groups excluding carboxylic acids is 2. The van der Waals surface area contributed by atoms with Gasteiger partial charge in [-0.25, -0.2) is 0 Å². The van der Waals surface area contributed by atoms with Crippen LogP contribution in [0.5, 0.6) is 11.5 Å². The molecule has 1 aromatic heterocycles. The number of aliphatic hydroxyl groups excluding tert-OH is 1. The molecule has 7 heteroatoms. The third-order valence-electron chi connectivity index (χ3n) is 6.67. The summed E-state index contributed by atoms with van der Waals surface area (Å²) in [7, 11) is 1.53. The Morgan fingerprint density at radius 3 is 2.56 bits per heavy atom. The normalized spacial score (nSPS) is 18.8. The fourth-order valence-corrected chi connectivity index (χ4v) is 5.10. The number of aliphatic hydroxyl groups is 1. The number of ether oxygens (including phenoxy) is 2. The molecule has 3 aromatic rings. The summed E-state index contributed by atoms with van der Waals surface area (Å²) in [6, 6.07) is 13.6. The molecule has 1 N–H and O–H groups in total. The molecule has 0 bridgehead atoms. The van der Waals surface area contributed by atoms with Gasteiger partial charge in [0, 0.05) is 11.4 Å². The van der Waals surface area contributed by atoms with Crippen molar-refractivity contribution < 1.29 is 28.6 Å². The quantitative estimate of drug-likeness (QED) is 0.477. The molecule has 2 heterocycles. The van der Waals surface area contributed by atoms with Gasteiger partial charge in [0.25, 0.3) is 5.91 Å². The summed E-state index contributed by atoms with van der Waals surface area (Å²) in [6.45, 7) is 2.45. The maximum absolute atomic E-state index is 13.7. The predicted molar refractivity (Wildman–Crippen MR) is 126 cm³/mol. The van der Waals surface area contributed by atoms with Crippen molar-refractivity contribution in [2.24, 2.45) is 0 Å². The van der Waals surface area contributed by atoms with Crippen molar-refractivity contribution in [3.63, 3.8) is 0 Å². The highest BCUT2D eigenvalue weighted by molar-refractivity contribution is 6.16. The van der Waals surface area contributed by atoms with Crippen LogP contribution in [0, 0.1) is 0 Å². The van der Waals surface area contributed by atoms with Gasteiger partial charge >= 0.3 is 0 Å². The number of hydrogen-bond donors (Lipinski definition) is 1. The zero-order valence-corrected chi connectivity index (χ0v) is 19.2. The van der Waals surface area contributed by atoms with Crippen LogP contribution in [0.15, 0.2) is 64.3 Å². The summed E-state index contributed by atoms with van der Waals surface area (Å²) < 4.78 is 16.8. The van der Waals surface area contributed by atoms with Crippen LogP contribution in [0.4, 0.5) is 0 Å². The summed E-state index contributed by atoms with van der Waals surface area (Å²) in [5.41, 5.74) is 1.23. The number of carbonyl (C=O) groups is 2. The first-order chi connectivity index (χ1) is 16.5. The first kappa shape index (κ1) is 22.1. The zero-order chi connectivity index (χ0) is 23.8. The number of rotatable bonds is 7. The molecule has 1 fully saturated rings. The summed E-state index contributed by atoms with van der Waals surface area (Å²) >= 11 is 0. The highest BCUT2D eigenvalue weighted by Crippen LogP contribution is 2.44. The fraction of sp³-hybridized carbons (Fsp3) is 0.333. The van der Waals surface area contributed by atoms with Crippen LogP contribution in [-0.2, 0) is 4.79 Å². The molecule has 0 saturated heterocycles. The molecule has 1 atom stereocenters. The van der Waals surface area contributed by atoms with E-state index in [4.69, 9.17) is 13.9 Å². The Labute approximate surface area is 197 Å². The number of hydrogen-bond acceptors (Lipinski definition) is 6. The minimum absolute atomic E-state index is 0.0349. The molecule has 1 saturated carbocycles. The number of methoxy groups -OCH3 is 1. The molecule has 1 aliphatic carbocycles. The molecule has 0 radical (unpaired) electrons. The Kier molecular flexibility index (Phi) is 5.77. The number of ketones is 1. The lowest BCUT2D eigenvalue weighted by Crippen LogP contribution is -2.38. The Morgan fingerprint density at radius 2 is 1.88 bits per heavy atom. The molecule has 1 unspecified atom stereocenters. The number of fused-ring (bicyclic) bond motifs is 1. The second kappa shape index (κ2) is 8.89. The Hall–Kier alpha value is -3.74. The topological polar surface area (TPSA) is 89.2 Å². The number of furan rings is 1. The van der Waals surface area contributed by atoms with E-state index in [9.17, 15) is 14.7 Å². The van der Waals surface area contributed by atoms with E-state index < -0.39 is 23.5 Å². The summed E-state index contributed by atoms with van der Waals surface area (Å²) in [6.07, 6.45) is 3.71. The smallest absolute Gasteiger partial charge is 0.290 e. The number of nitrogens with zero attached hydrogens (tertiary/aromatic N) is 1. The van der Waals surface area contributed by atoms with Gasteiger partial charge in [0.2, 0.25) is 5.78 Å². The Bertz CT molecular complexity index is 1270. The SMILES string of the molecule is CCOc1ccc(C2C(C(=O)c3cc4cccc(OC)c4o3)=C(O)C(=O)N2C2CCCC2)cc1. The van der Waals surface area contributed by atoms with E-state index in [2.05, 4.69) is 0 Å². The minimum atomic E-state index is -0.700. The van der Waals surface area contributed by atoms with E-state index >= 15 is 0 Å². The number of benzene rings is 2. The van der Waals surface area contributed by atoms with Gasteiger partial charge in [0.1, 0.15) is 5.75 Å². The van der Waals surface area contributed by atoms with Crippen molar-refractivity contribution in [1.82, 2.24) is 4.90 Å². The maximum Gasteiger partial charge on any atom is 0.290 e. The molecule has 7 nitrogen and oxygen atoms in total. The van der Waals surface area contributed by atoms with Gasteiger partial charge in [-0.3, -0.25) is 9.59 Å². The van der Waals surface area contributed by atoms with E-state index in [0.717, 1.165) is 31.2 Å². The summed E-state index contributed by atoms with van der Waals surface area (Å²) in [5, 5.41) is 11.6. The van der Waals surface area contributed by atoms with Gasteiger partial charge in [0.15, 0.2) is 22.9 Å². The molecule has 1 amide bonds. The lowest BCUT2D eigenvalue weighted by atomic mass is 9.94. The summed E-state index contributed by atoms with van der Waals surface area (Å²) in [5.74, 6) is -0.270. The largest absolute Gasteiger partial charge is 0.503 e. The molecule has 2 aliphatic rings. The monoisotopic (exact) mass is 461 g/mol. The van der Waals surface area contributed by atoms with Gasteiger partial charge in [-0.2, -0.15) is 0 Å². The third-order valence-corrected chi connectivity index (χ3v) is 6.67. The van der Waals surface area contributed by atoms with E-state index in [1.54, 1.807) is 17.0 Å². The number of para-hydroxylation sites is 1. The Morgan fingerprint density at radius 1 is 1.15 bits per heavy atom. The average molecular weight is 462 g/mol. The molecule has 34 heavy (non-hydrogen) atoms. The van der Waals surface area contributed by atoms with Crippen molar-refractivity contribution in [2.45, 2.75) is 44.7 Å². The van der Waals surface area contributed by atoms with Crippen LogP contribution in [0.1, 0.15) is 54.8 Å². The van der Waals surface area contributed by atoms with Crippen LogP contribution in [-0.4, -0.2) is 41.5 Å². The summed E-state index contributed by atoms with van der Waals surface area (Å²) in [4.78, 5) is 28.7. The predicted octanol–water partition coefficient (Wildman–Crippen LogP) is 5.36. The van der Waals surface area contributed by atoms with Crippen molar-refractivity contribution in [3.05, 3.63) is 71.2 Å². The van der Waals surface area contributed by atoms with Gasteiger partial charge in [0.05, 0.1) is 25.3 Å². The molecular weight excluding hydrogens is 434 g/mol. The van der Waals surface area contributed by atoms with Crippen molar-refractivity contribution in [2.75, 3.05) is 13.7 Å². The molecule has 0 spiro atoms. The molecular formula is C27H27NO6. The maximum atomic E-state index is 13.7. The number of amides is 1. The molecule has 2 aromatic carbocycles. The first-order valence-corrected chi connectivity index (χ1v) is 11.6. The molecule has 1 aliphatic heterocycles. The van der Waals surface area contributed by atoms with E-state index in [0.29, 0.717) is 29.1 Å². The van der Waals surface area contributed by atoms with E-state index in [-0.39, 0.29) is 17.4 Å². The van der Waals surface area contributed by atoms with E-state index in [1.165, 1.54) is 7.11 Å². The van der Waals surface area contributed by atoms with Gasteiger partial charge in [-0.05, 0) is 49.6 Å². The molecule has 176 valence electrons. The Balaban J connectivity index is 1.59. The van der Waals surface area contributed by atoms with Gasteiger partial charge < -0.3 is 23.9 Å². The van der Waals surface area contributed by atoms with Crippen molar-refractivity contribution in [1.29, 1.82) is 0 Å². The van der Waals surface area contributed by atoms with Crippen LogP contribution < -0.4 is 9.47 Å². The first-order valence-electron chi connectivity index (χ1n) is 11.6. The highest BCUT2D eigenvalue weighted by atomic mass is 16.5. The van der Waals surface area contributed by atoms with Crippen LogP contribution in [0.2, 0.25) is 0 Å². The van der Waals surface area contributed by atoms with Crippen molar-refractivity contribution in [3.8, 4) is 11.5 Å². The van der Waals surface area contributed by atoms with Crippen molar-refractivity contribution >= 4 is 22.7 Å². The lowest BCUT2D eigenvalue weighted by Gasteiger charge is -2.32. The van der Waals surface area contributed by atoms with Crippen LogP contribution >= 0.6 is 0 Å². The second-order valence-electron chi connectivity index (χ2n) is 8.64. The third kappa shape index (κ3) is 3.61.